The molecule has 128 valence electrons. The maximum atomic E-state index is 12.0. The predicted molar refractivity (Wildman–Crippen MR) is 96.8 cm³/mol. The molecule has 0 aliphatic heterocycles. The minimum Gasteiger partial charge on any atom is -0.346 e. The monoisotopic (exact) mass is 345 g/mol. The predicted octanol–water partition coefficient (Wildman–Crippen LogP) is 2.09. The molecular formula is C18H23N3O2S. The molecular weight excluding hydrogens is 322 g/mol. The summed E-state index contributed by atoms with van der Waals surface area (Å²) in [6.07, 6.45) is 0. The first-order valence-corrected chi connectivity index (χ1v) is 8.71. The number of amides is 2. The van der Waals surface area contributed by atoms with Gasteiger partial charge in [0.2, 0.25) is 0 Å². The number of hydrogen-bond donors (Lipinski definition) is 2. The van der Waals surface area contributed by atoms with E-state index in [1.165, 1.54) is 0 Å². The van der Waals surface area contributed by atoms with Crippen molar-refractivity contribution in [2.24, 2.45) is 0 Å². The van der Waals surface area contributed by atoms with Crippen LogP contribution in [0.5, 0.6) is 0 Å². The Kier molecular flexibility index (Phi) is 6.52. The van der Waals surface area contributed by atoms with Gasteiger partial charge in [-0.05, 0) is 49.0 Å². The number of carbonyl (C=O) groups excluding carboxylic acids is 2. The summed E-state index contributed by atoms with van der Waals surface area (Å²) in [5.41, 5.74) is 3.25. The van der Waals surface area contributed by atoms with Crippen molar-refractivity contribution < 1.29 is 9.59 Å². The van der Waals surface area contributed by atoms with Gasteiger partial charge < -0.3 is 15.5 Å². The third-order valence-electron chi connectivity index (χ3n) is 3.79. The van der Waals surface area contributed by atoms with Gasteiger partial charge in [0.1, 0.15) is 0 Å². The third kappa shape index (κ3) is 5.18. The van der Waals surface area contributed by atoms with Gasteiger partial charge in [-0.2, -0.15) is 11.3 Å². The fourth-order valence-electron chi connectivity index (χ4n) is 2.30. The van der Waals surface area contributed by atoms with E-state index in [4.69, 9.17) is 0 Å². The molecule has 0 spiro atoms. The number of benzene rings is 1. The fraction of sp³-hybridized carbons (Fsp3) is 0.333. The normalized spacial score (nSPS) is 12.0. The lowest BCUT2D eigenvalue weighted by Gasteiger charge is -2.23. The van der Waals surface area contributed by atoms with Gasteiger partial charge in [0.05, 0.1) is 6.04 Å². The summed E-state index contributed by atoms with van der Waals surface area (Å²) in [7, 11) is 3.90. The Labute approximate surface area is 146 Å². The molecule has 6 heteroatoms. The van der Waals surface area contributed by atoms with Gasteiger partial charge in [0.15, 0.2) is 0 Å². The Hall–Kier alpha value is -2.18. The number of nitrogens with one attached hydrogen (secondary N) is 2. The number of thiophene rings is 1. The molecule has 0 aliphatic rings. The highest BCUT2D eigenvalue weighted by Crippen LogP contribution is 2.19. The van der Waals surface area contributed by atoms with Crippen molar-refractivity contribution in [3.63, 3.8) is 0 Å². The Morgan fingerprint density at radius 1 is 1.08 bits per heavy atom. The average Bonchev–Trinajstić information content (AvgIpc) is 3.08. The highest BCUT2D eigenvalue weighted by molar-refractivity contribution is 7.07. The van der Waals surface area contributed by atoms with Crippen LogP contribution in [0.4, 0.5) is 0 Å². The van der Waals surface area contributed by atoms with Gasteiger partial charge >= 0.3 is 11.8 Å². The van der Waals surface area contributed by atoms with Crippen molar-refractivity contribution in [3.05, 3.63) is 57.8 Å². The van der Waals surface area contributed by atoms with Crippen LogP contribution in [0.3, 0.4) is 0 Å². The molecule has 2 amide bonds. The molecule has 5 nitrogen and oxygen atoms in total. The van der Waals surface area contributed by atoms with E-state index in [1.807, 2.05) is 67.0 Å². The van der Waals surface area contributed by atoms with Crippen molar-refractivity contribution in [2.45, 2.75) is 19.5 Å². The number of hydrogen-bond acceptors (Lipinski definition) is 4. The SMILES string of the molecule is Cc1ccc(CNC(=O)C(=O)NC[C@H](c2ccsc2)N(C)C)cc1. The summed E-state index contributed by atoms with van der Waals surface area (Å²) in [6, 6.07) is 9.90. The van der Waals surface area contributed by atoms with Crippen molar-refractivity contribution in [1.29, 1.82) is 0 Å². The van der Waals surface area contributed by atoms with E-state index in [2.05, 4.69) is 10.6 Å². The van der Waals surface area contributed by atoms with Gasteiger partial charge in [-0.1, -0.05) is 29.8 Å². The molecule has 0 saturated carbocycles. The van der Waals surface area contributed by atoms with Gasteiger partial charge in [0.25, 0.3) is 0 Å². The number of likely N-dealkylation sites (N-methyl/N-ethyl adjacent to an activating group) is 1. The van der Waals surface area contributed by atoms with Gasteiger partial charge in [-0.3, -0.25) is 9.59 Å². The minimum absolute atomic E-state index is 0.0464. The summed E-state index contributed by atoms with van der Waals surface area (Å²) in [4.78, 5) is 25.9. The molecule has 0 fully saturated rings. The largest absolute Gasteiger partial charge is 0.346 e. The van der Waals surface area contributed by atoms with Crippen LogP contribution in [0.2, 0.25) is 0 Å². The van der Waals surface area contributed by atoms with E-state index < -0.39 is 11.8 Å². The zero-order valence-corrected chi connectivity index (χ0v) is 15.0. The van der Waals surface area contributed by atoms with Crippen LogP contribution in [0.25, 0.3) is 0 Å². The molecule has 0 unspecified atom stereocenters. The Morgan fingerprint density at radius 3 is 2.33 bits per heavy atom. The standard InChI is InChI=1S/C18H23N3O2S/c1-13-4-6-14(7-5-13)10-19-17(22)18(23)20-11-16(21(2)3)15-8-9-24-12-15/h4-9,12,16H,10-11H2,1-3H3,(H,19,22)(H,20,23)/t16-/m1/s1. The Balaban J connectivity index is 1.82. The smallest absolute Gasteiger partial charge is 0.309 e. The molecule has 2 rings (SSSR count). The Bertz CT molecular complexity index is 666. The topological polar surface area (TPSA) is 61.4 Å². The highest BCUT2D eigenvalue weighted by atomic mass is 32.1. The maximum Gasteiger partial charge on any atom is 0.309 e. The minimum atomic E-state index is -0.613. The fourth-order valence-corrected chi connectivity index (χ4v) is 3.01. The summed E-state index contributed by atoms with van der Waals surface area (Å²) in [5.74, 6) is -1.22. The Morgan fingerprint density at radius 2 is 1.75 bits per heavy atom. The van der Waals surface area contributed by atoms with Crippen LogP contribution in [0, 0.1) is 6.92 Å². The van der Waals surface area contributed by atoms with Crippen molar-refractivity contribution in [3.8, 4) is 0 Å². The van der Waals surface area contributed by atoms with E-state index in [1.54, 1.807) is 11.3 Å². The van der Waals surface area contributed by atoms with E-state index in [-0.39, 0.29) is 6.04 Å². The molecule has 2 N–H and O–H groups in total. The van der Waals surface area contributed by atoms with Crippen LogP contribution in [0.15, 0.2) is 41.1 Å². The van der Waals surface area contributed by atoms with E-state index in [0.717, 1.165) is 16.7 Å². The number of nitrogens with zero attached hydrogens (tertiary/aromatic N) is 1. The average molecular weight is 345 g/mol. The summed E-state index contributed by atoms with van der Waals surface area (Å²) >= 11 is 1.61. The summed E-state index contributed by atoms with van der Waals surface area (Å²) < 4.78 is 0. The zero-order valence-electron chi connectivity index (χ0n) is 14.2. The van der Waals surface area contributed by atoms with Crippen LogP contribution in [-0.2, 0) is 16.1 Å². The van der Waals surface area contributed by atoms with Crippen LogP contribution in [0.1, 0.15) is 22.7 Å². The first-order valence-electron chi connectivity index (χ1n) is 7.77. The number of carbonyl (C=O) groups is 2. The van der Waals surface area contributed by atoms with E-state index in [0.29, 0.717) is 13.1 Å². The van der Waals surface area contributed by atoms with Crippen molar-refractivity contribution >= 4 is 23.2 Å². The van der Waals surface area contributed by atoms with Crippen LogP contribution < -0.4 is 10.6 Å². The molecule has 24 heavy (non-hydrogen) atoms. The van der Waals surface area contributed by atoms with Crippen LogP contribution in [-0.4, -0.2) is 37.4 Å². The molecule has 0 aliphatic carbocycles. The van der Waals surface area contributed by atoms with Gasteiger partial charge in [-0.15, -0.1) is 0 Å². The van der Waals surface area contributed by atoms with Crippen molar-refractivity contribution in [1.82, 2.24) is 15.5 Å². The highest BCUT2D eigenvalue weighted by Gasteiger charge is 2.18. The molecule has 0 radical (unpaired) electrons. The molecule has 1 aromatic carbocycles. The van der Waals surface area contributed by atoms with Gasteiger partial charge in [-0.25, -0.2) is 0 Å². The second-order valence-electron chi connectivity index (χ2n) is 5.91. The maximum absolute atomic E-state index is 12.0. The van der Waals surface area contributed by atoms with Gasteiger partial charge in [0, 0.05) is 13.1 Å². The molecule has 0 bridgehead atoms. The molecule has 1 aromatic heterocycles. The first-order chi connectivity index (χ1) is 11.5. The second-order valence-corrected chi connectivity index (χ2v) is 6.69. The molecule has 1 atom stereocenters. The van der Waals surface area contributed by atoms with Crippen LogP contribution >= 0.6 is 11.3 Å². The summed E-state index contributed by atoms with van der Waals surface area (Å²) in [5, 5.41) is 9.40. The third-order valence-corrected chi connectivity index (χ3v) is 4.49. The van der Waals surface area contributed by atoms with E-state index >= 15 is 0 Å². The lowest BCUT2D eigenvalue weighted by molar-refractivity contribution is -0.139. The number of aryl methyl sites for hydroxylation is 1. The quantitative estimate of drug-likeness (QED) is 0.788. The van der Waals surface area contributed by atoms with E-state index in [9.17, 15) is 9.59 Å². The molecule has 2 aromatic rings. The lowest BCUT2D eigenvalue weighted by atomic mass is 10.1. The van der Waals surface area contributed by atoms with Crippen molar-refractivity contribution in [2.75, 3.05) is 20.6 Å². The summed E-state index contributed by atoms with van der Waals surface area (Å²) in [6.45, 7) is 2.74. The second kappa shape index (κ2) is 8.61. The lowest BCUT2D eigenvalue weighted by Crippen LogP contribution is -2.42. The number of rotatable bonds is 6. The first kappa shape index (κ1) is 18.2. The molecule has 1 heterocycles. The molecule has 0 saturated heterocycles. The zero-order chi connectivity index (χ0) is 17.5.